The molecular weight excluding hydrogens is 186 g/mol. The Kier molecular flexibility index (Phi) is 2.77. The summed E-state index contributed by atoms with van der Waals surface area (Å²) in [6.07, 6.45) is 0. The lowest BCUT2D eigenvalue weighted by Crippen LogP contribution is -2.17. The SMILES string of the molecule is Cc1nc(C(C)(C)C)c(C#N)cc1C#N. The molecule has 1 heterocycles. The van der Waals surface area contributed by atoms with Crippen LogP contribution in [0.15, 0.2) is 6.07 Å². The van der Waals surface area contributed by atoms with Gasteiger partial charge in [0, 0.05) is 5.41 Å². The Labute approximate surface area is 90.0 Å². The first kappa shape index (κ1) is 11.2. The van der Waals surface area contributed by atoms with E-state index >= 15 is 0 Å². The Morgan fingerprint density at radius 3 is 2.07 bits per heavy atom. The smallest absolute Gasteiger partial charge is 0.101 e. The van der Waals surface area contributed by atoms with Crippen LogP contribution >= 0.6 is 0 Å². The minimum absolute atomic E-state index is 0.177. The molecule has 1 rings (SSSR count). The first-order chi connectivity index (χ1) is 6.90. The van der Waals surface area contributed by atoms with E-state index in [4.69, 9.17) is 10.5 Å². The fourth-order valence-electron chi connectivity index (χ4n) is 1.38. The number of hydrogen-bond acceptors (Lipinski definition) is 3. The molecule has 0 fully saturated rings. The molecule has 0 spiro atoms. The van der Waals surface area contributed by atoms with Gasteiger partial charge in [-0.05, 0) is 13.0 Å². The van der Waals surface area contributed by atoms with Crippen LogP contribution in [0.3, 0.4) is 0 Å². The molecular formula is C12H13N3. The first-order valence-electron chi connectivity index (χ1n) is 4.72. The summed E-state index contributed by atoms with van der Waals surface area (Å²) in [7, 11) is 0. The van der Waals surface area contributed by atoms with Crippen LogP contribution in [0.5, 0.6) is 0 Å². The molecule has 1 aromatic heterocycles. The van der Waals surface area contributed by atoms with Gasteiger partial charge in [0.05, 0.1) is 22.5 Å². The Hall–Kier alpha value is -1.87. The Balaban J connectivity index is 3.52. The molecule has 3 nitrogen and oxygen atoms in total. The van der Waals surface area contributed by atoms with Gasteiger partial charge in [0.25, 0.3) is 0 Å². The number of pyridine rings is 1. The molecule has 0 aliphatic carbocycles. The zero-order chi connectivity index (χ0) is 11.6. The number of aromatic nitrogens is 1. The average Bonchev–Trinajstić information content (AvgIpc) is 2.16. The molecule has 0 bridgehead atoms. The standard InChI is InChI=1S/C12H13N3/c1-8-9(6-13)5-10(7-14)11(15-8)12(2,3)4/h5H,1-4H3. The van der Waals surface area contributed by atoms with Gasteiger partial charge >= 0.3 is 0 Å². The van der Waals surface area contributed by atoms with Crippen LogP contribution in [-0.2, 0) is 5.41 Å². The largest absolute Gasteiger partial charge is 0.255 e. The number of rotatable bonds is 0. The van der Waals surface area contributed by atoms with Gasteiger partial charge in [0.1, 0.15) is 12.1 Å². The molecule has 0 atom stereocenters. The lowest BCUT2D eigenvalue weighted by atomic mass is 9.88. The number of hydrogen-bond donors (Lipinski definition) is 0. The molecule has 0 saturated carbocycles. The second kappa shape index (κ2) is 3.71. The van der Waals surface area contributed by atoms with Crippen LogP contribution in [0.1, 0.15) is 43.3 Å². The predicted octanol–water partition coefficient (Wildman–Crippen LogP) is 2.43. The molecule has 15 heavy (non-hydrogen) atoms. The van der Waals surface area contributed by atoms with E-state index in [1.807, 2.05) is 26.8 Å². The molecule has 0 N–H and O–H groups in total. The number of aryl methyl sites for hydroxylation is 1. The highest BCUT2D eigenvalue weighted by atomic mass is 14.7. The van der Waals surface area contributed by atoms with E-state index in [-0.39, 0.29) is 5.41 Å². The zero-order valence-electron chi connectivity index (χ0n) is 9.42. The van der Waals surface area contributed by atoms with E-state index in [1.165, 1.54) is 0 Å². The van der Waals surface area contributed by atoms with Gasteiger partial charge in [-0.1, -0.05) is 20.8 Å². The predicted molar refractivity (Wildman–Crippen MR) is 57.1 cm³/mol. The summed E-state index contributed by atoms with van der Waals surface area (Å²) < 4.78 is 0. The third-order valence-corrected chi connectivity index (χ3v) is 2.16. The topological polar surface area (TPSA) is 60.5 Å². The summed E-state index contributed by atoms with van der Waals surface area (Å²) in [5.41, 5.74) is 2.22. The van der Waals surface area contributed by atoms with Gasteiger partial charge < -0.3 is 0 Å². The lowest BCUT2D eigenvalue weighted by molar-refractivity contribution is 0.565. The van der Waals surface area contributed by atoms with Crippen molar-refractivity contribution in [1.82, 2.24) is 4.98 Å². The maximum Gasteiger partial charge on any atom is 0.101 e. The quantitative estimate of drug-likeness (QED) is 0.644. The molecule has 76 valence electrons. The highest BCUT2D eigenvalue weighted by Gasteiger charge is 2.21. The Morgan fingerprint density at radius 2 is 1.67 bits per heavy atom. The zero-order valence-corrected chi connectivity index (χ0v) is 9.42. The second-order valence-corrected chi connectivity index (χ2v) is 4.49. The van der Waals surface area contributed by atoms with Crippen molar-refractivity contribution < 1.29 is 0 Å². The van der Waals surface area contributed by atoms with Crippen molar-refractivity contribution in [1.29, 1.82) is 10.5 Å². The lowest BCUT2D eigenvalue weighted by Gasteiger charge is -2.19. The van der Waals surface area contributed by atoms with Crippen LogP contribution in [-0.4, -0.2) is 4.98 Å². The van der Waals surface area contributed by atoms with Crippen LogP contribution in [0.2, 0.25) is 0 Å². The summed E-state index contributed by atoms with van der Waals surface area (Å²) in [6, 6.07) is 5.74. The minimum Gasteiger partial charge on any atom is -0.255 e. The summed E-state index contributed by atoms with van der Waals surface area (Å²) in [5.74, 6) is 0. The summed E-state index contributed by atoms with van der Waals surface area (Å²) in [6.45, 7) is 7.79. The summed E-state index contributed by atoms with van der Waals surface area (Å²) >= 11 is 0. The third kappa shape index (κ3) is 2.14. The van der Waals surface area contributed by atoms with E-state index in [9.17, 15) is 0 Å². The van der Waals surface area contributed by atoms with E-state index in [1.54, 1.807) is 13.0 Å². The van der Waals surface area contributed by atoms with Crippen molar-refractivity contribution in [3.63, 3.8) is 0 Å². The van der Waals surface area contributed by atoms with Gasteiger partial charge in [0.15, 0.2) is 0 Å². The number of nitrogens with zero attached hydrogens (tertiary/aromatic N) is 3. The van der Waals surface area contributed by atoms with Crippen molar-refractivity contribution in [3.8, 4) is 12.1 Å². The fraction of sp³-hybridized carbons (Fsp3) is 0.417. The minimum atomic E-state index is -0.177. The van der Waals surface area contributed by atoms with Crippen LogP contribution in [0, 0.1) is 29.6 Å². The average molecular weight is 199 g/mol. The molecule has 0 amide bonds. The van der Waals surface area contributed by atoms with Gasteiger partial charge in [0.2, 0.25) is 0 Å². The molecule has 1 aromatic rings. The molecule has 3 heteroatoms. The maximum atomic E-state index is 8.99. The van der Waals surface area contributed by atoms with E-state index in [0.717, 1.165) is 5.69 Å². The summed E-state index contributed by atoms with van der Waals surface area (Å²) in [5, 5.41) is 17.8. The second-order valence-electron chi connectivity index (χ2n) is 4.49. The van der Waals surface area contributed by atoms with Crippen LogP contribution in [0.4, 0.5) is 0 Å². The first-order valence-corrected chi connectivity index (χ1v) is 4.72. The van der Waals surface area contributed by atoms with Crippen LogP contribution < -0.4 is 0 Å². The van der Waals surface area contributed by atoms with Crippen molar-refractivity contribution in [3.05, 3.63) is 28.6 Å². The highest BCUT2D eigenvalue weighted by Crippen LogP contribution is 2.25. The van der Waals surface area contributed by atoms with Crippen molar-refractivity contribution in [2.24, 2.45) is 0 Å². The summed E-state index contributed by atoms with van der Waals surface area (Å²) in [4.78, 5) is 4.34. The molecule has 0 radical (unpaired) electrons. The van der Waals surface area contributed by atoms with E-state index in [0.29, 0.717) is 16.8 Å². The molecule has 0 saturated heterocycles. The van der Waals surface area contributed by atoms with Crippen LogP contribution in [0.25, 0.3) is 0 Å². The highest BCUT2D eigenvalue weighted by molar-refractivity contribution is 5.45. The van der Waals surface area contributed by atoms with Gasteiger partial charge in [-0.25, -0.2) is 0 Å². The monoisotopic (exact) mass is 199 g/mol. The van der Waals surface area contributed by atoms with Gasteiger partial charge in [-0.3, -0.25) is 4.98 Å². The Morgan fingerprint density at radius 1 is 1.13 bits per heavy atom. The van der Waals surface area contributed by atoms with E-state index < -0.39 is 0 Å². The van der Waals surface area contributed by atoms with Gasteiger partial charge in [-0.2, -0.15) is 10.5 Å². The van der Waals surface area contributed by atoms with Crippen molar-refractivity contribution >= 4 is 0 Å². The van der Waals surface area contributed by atoms with E-state index in [2.05, 4.69) is 11.1 Å². The Bertz CT molecular complexity index is 467. The van der Waals surface area contributed by atoms with Crippen molar-refractivity contribution in [2.45, 2.75) is 33.1 Å². The third-order valence-electron chi connectivity index (χ3n) is 2.16. The fourth-order valence-corrected chi connectivity index (χ4v) is 1.38. The molecule has 0 unspecified atom stereocenters. The molecule has 0 aliphatic rings. The normalized spacial score (nSPS) is 10.5. The molecule has 0 aliphatic heterocycles. The van der Waals surface area contributed by atoms with Crippen molar-refractivity contribution in [2.75, 3.05) is 0 Å². The number of nitriles is 2. The van der Waals surface area contributed by atoms with Gasteiger partial charge in [-0.15, -0.1) is 0 Å². The maximum absolute atomic E-state index is 8.99. The molecule has 0 aromatic carbocycles.